The zero-order valence-corrected chi connectivity index (χ0v) is 10.3. The zero-order chi connectivity index (χ0) is 10.9. The highest BCUT2D eigenvalue weighted by molar-refractivity contribution is 7.99. The minimum Gasteiger partial charge on any atom is -0.396 e. The standard InChI is InChI=1S/C11H20O3S/c1-11(2)13-5-10(14-11)9-7-15-6-8(9)3-4-12/h8-10,12H,3-7H2,1-2H3/t8-,9-,10?/m1/s1. The number of hydrogen-bond acceptors (Lipinski definition) is 4. The average molecular weight is 232 g/mol. The first-order chi connectivity index (χ1) is 7.12. The van der Waals surface area contributed by atoms with E-state index in [4.69, 9.17) is 14.6 Å². The van der Waals surface area contributed by atoms with Gasteiger partial charge in [0.25, 0.3) is 0 Å². The van der Waals surface area contributed by atoms with Crippen molar-refractivity contribution in [3.05, 3.63) is 0 Å². The first-order valence-electron chi connectivity index (χ1n) is 5.63. The lowest BCUT2D eigenvalue weighted by Gasteiger charge is -2.24. The van der Waals surface area contributed by atoms with Crippen molar-refractivity contribution in [1.29, 1.82) is 0 Å². The highest BCUT2D eigenvalue weighted by atomic mass is 32.2. The van der Waals surface area contributed by atoms with Gasteiger partial charge in [0.15, 0.2) is 5.79 Å². The molecular formula is C11H20O3S. The van der Waals surface area contributed by atoms with Crippen molar-refractivity contribution >= 4 is 11.8 Å². The molecule has 0 aromatic rings. The predicted octanol–water partition coefficient (Wildman–Crippen LogP) is 1.50. The first kappa shape index (κ1) is 11.7. The largest absolute Gasteiger partial charge is 0.396 e. The van der Waals surface area contributed by atoms with Crippen LogP contribution in [0.25, 0.3) is 0 Å². The number of thioether (sulfide) groups is 1. The molecule has 4 heteroatoms. The molecule has 2 fully saturated rings. The van der Waals surface area contributed by atoms with Crippen LogP contribution in [0.5, 0.6) is 0 Å². The van der Waals surface area contributed by atoms with E-state index >= 15 is 0 Å². The number of rotatable bonds is 3. The molecule has 0 spiro atoms. The fourth-order valence-electron chi connectivity index (χ4n) is 2.42. The summed E-state index contributed by atoms with van der Waals surface area (Å²) >= 11 is 1.97. The third kappa shape index (κ3) is 2.67. The highest BCUT2D eigenvalue weighted by Crippen LogP contribution is 2.39. The van der Waals surface area contributed by atoms with Crippen LogP contribution >= 0.6 is 11.8 Å². The lowest BCUT2D eigenvalue weighted by molar-refractivity contribution is -0.145. The van der Waals surface area contributed by atoms with Crippen molar-refractivity contribution in [2.45, 2.75) is 32.2 Å². The molecule has 0 saturated carbocycles. The summed E-state index contributed by atoms with van der Waals surface area (Å²) in [6.07, 6.45) is 1.13. The third-order valence-electron chi connectivity index (χ3n) is 3.26. The molecule has 2 aliphatic heterocycles. The van der Waals surface area contributed by atoms with Crippen LogP contribution in [-0.2, 0) is 9.47 Å². The van der Waals surface area contributed by atoms with E-state index in [2.05, 4.69) is 0 Å². The maximum absolute atomic E-state index is 9.01. The summed E-state index contributed by atoms with van der Waals surface area (Å²) in [6.45, 7) is 4.94. The van der Waals surface area contributed by atoms with Crippen molar-refractivity contribution in [2.24, 2.45) is 11.8 Å². The second-order valence-corrected chi connectivity index (χ2v) is 5.92. The summed E-state index contributed by atoms with van der Waals surface area (Å²) < 4.78 is 11.5. The molecule has 88 valence electrons. The van der Waals surface area contributed by atoms with E-state index in [1.807, 2.05) is 25.6 Å². The summed E-state index contributed by atoms with van der Waals surface area (Å²) in [5, 5.41) is 9.01. The average Bonchev–Trinajstić information content (AvgIpc) is 2.72. The summed E-state index contributed by atoms with van der Waals surface area (Å²) in [4.78, 5) is 0. The van der Waals surface area contributed by atoms with Gasteiger partial charge in [0.1, 0.15) is 0 Å². The molecule has 0 amide bonds. The minimum absolute atomic E-state index is 0.228. The Labute approximate surface area is 95.5 Å². The lowest BCUT2D eigenvalue weighted by atomic mass is 9.89. The van der Waals surface area contributed by atoms with E-state index in [1.54, 1.807) is 0 Å². The molecule has 3 nitrogen and oxygen atoms in total. The zero-order valence-electron chi connectivity index (χ0n) is 9.44. The smallest absolute Gasteiger partial charge is 0.163 e. The van der Waals surface area contributed by atoms with Gasteiger partial charge in [0.05, 0.1) is 12.7 Å². The van der Waals surface area contributed by atoms with Gasteiger partial charge in [0, 0.05) is 12.5 Å². The van der Waals surface area contributed by atoms with E-state index in [-0.39, 0.29) is 6.10 Å². The molecule has 3 atom stereocenters. The van der Waals surface area contributed by atoms with Crippen LogP contribution in [0.1, 0.15) is 20.3 Å². The Morgan fingerprint density at radius 3 is 2.80 bits per heavy atom. The molecule has 2 aliphatic rings. The van der Waals surface area contributed by atoms with E-state index in [1.165, 1.54) is 0 Å². The molecule has 0 aliphatic carbocycles. The van der Waals surface area contributed by atoms with Crippen molar-refractivity contribution in [2.75, 3.05) is 24.7 Å². The van der Waals surface area contributed by atoms with E-state index in [9.17, 15) is 0 Å². The van der Waals surface area contributed by atoms with Crippen LogP contribution in [0.3, 0.4) is 0 Å². The van der Waals surface area contributed by atoms with E-state index in [0.29, 0.717) is 25.0 Å². The summed E-state index contributed by atoms with van der Waals surface area (Å²) in [5.41, 5.74) is 0. The van der Waals surface area contributed by atoms with Crippen LogP contribution in [0.15, 0.2) is 0 Å². The second kappa shape index (κ2) is 4.62. The van der Waals surface area contributed by atoms with Crippen molar-refractivity contribution in [1.82, 2.24) is 0 Å². The molecule has 2 saturated heterocycles. The van der Waals surface area contributed by atoms with Crippen LogP contribution in [0.4, 0.5) is 0 Å². The number of hydrogen-bond donors (Lipinski definition) is 1. The van der Waals surface area contributed by atoms with Gasteiger partial charge < -0.3 is 14.6 Å². The monoisotopic (exact) mass is 232 g/mol. The normalized spacial score (nSPS) is 39.8. The van der Waals surface area contributed by atoms with Crippen LogP contribution < -0.4 is 0 Å². The van der Waals surface area contributed by atoms with Gasteiger partial charge in [-0.05, 0) is 37.7 Å². The molecule has 15 heavy (non-hydrogen) atoms. The Morgan fingerprint density at radius 1 is 1.40 bits per heavy atom. The molecule has 2 rings (SSSR count). The first-order valence-corrected chi connectivity index (χ1v) is 6.78. The Kier molecular flexibility index (Phi) is 3.60. The fourth-order valence-corrected chi connectivity index (χ4v) is 4.03. The molecule has 1 unspecified atom stereocenters. The van der Waals surface area contributed by atoms with Gasteiger partial charge in [-0.15, -0.1) is 0 Å². The minimum atomic E-state index is -0.415. The Hall–Kier alpha value is 0.230. The molecule has 0 bridgehead atoms. The Bertz CT molecular complexity index is 220. The predicted molar refractivity (Wildman–Crippen MR) is 60.9 cm³/mol. The molecule has 0 aromatic carbocycles. The molecule has 1 N–H and O–H groups in total. The van der Waals surface area contributed by atoms with E-state index in [0.717, 1.165) is 17.9 Å². The van der Waals surface area contributed by atoms with Crippen molar-refractivity contribution in [3.8, 4) is 0 Å². The van der Waals surface area contributed by atoms with Crippen LogP contribution in [0.2, 0.25) is 0 Å². The highest BCUT2D eigenvalue weighted by Gasteiger charge is 2.42. The van der Waals surface area contributed by atoms with Gasteiger partial charge in [-0.1, -0.05) is 0 Å². The fraction of sp³-hybridized carbons (Fsp3) is 1.00. The van der Waals surface area contributed by atoms with Crippen LogP contribution in [0, 0.1) is 11.8 Å². The second-order valence-electron chi connectivity index (χ2n) is 4.84. The quantitative estimate of drug-likeness (QED) is 0.800. The van der Waals surface area contributed by atoms with Gasteiger partial charge in [-0.3, -0.25) is 0 Å². The number of ether oxygens (including phenoxy) is 2. The van der Waals surface area contributed by atoms with Crippen LogP contribution in [-0.4, -0.2) is 41.7 Å². The Balaban J connectivity index is 1.93. The third-order valence-corrected chi connectivity index (χ3v) is 4.54. The maximum Gasteiger partial charge on any atom is 0.163 e. The van der Waals surface area contributed by atoms with Gasteiger partial charge in [-0.2, -0.15) is 11.8 Å². The summed E-state index contributed by atoms with van der Waals surface area (Å²) in [5.74, 6) is 3.05. The molecule has 2 heterocycles. The summed E-state index contributed by atoms with van der Waals surface area (Å²) in [6, 6.07) is 0. The topological polar surface area (TPSA) is 38.7 Å². The molecular weight excluding hydrogens is 212 g/mol. The number of aliphatic hydroxyl groups is 1. The maximum atomic E-state index is 9.01. The van der Waals surface area contributed by atoms with Gasteiger partial charge in [-0.25, -0.2) is 0 Å². The lowest BCUT2D eigenvalue weighted by Crippen LogP contribution is -2.31. The van der Waals surface area contributed by atoms with Crippen molar-refractivity contribution in [3.63, 3.8) is 0 Å². The molecule has 0 aromatic heterocycles. The number of aliphatic hydroxyl groups excluding tert-OH is 1. The SMILES string of the molecule is CC1(C)OCC([C@@H]2CSC[C@H]2CCO)O1. The molecule has 0 radical (unpaired) electrons. The summed E-state index contributed by atoms with van der Waals surface area (Å²) in [7, 11) is 0. The van der Waals surface area contributed by atoms with Gasteiger partial charge in [0.2, 0.25) is 0 Å². The Morgan fingerprint density at radius 2 is 2.20 bits per heavy atom. The van der Waals surface area contributed by atoms with E-state index < -0.39 is 5.79 Å². The van der Waals surface area contributed by atoms with Crippen molar-refractivity contribution < 1.29 is 14.6 Å². The van der Waals surface area contributed by atoms with Gasteiger partial charge >= 0.3 is 0 Å².